The van der Waals surface area contributed by atoms with Gasteiger partial charge in [-0.15, -0.1) is 0 Å². The zero-order chi connectivity index (χ0) is 16.4. The number of aromatic nitrogens is 2. The summed E-state index contributed by atoms with van der Waals surface area (Å²) in [5.41, 5.74) is 1.22. The number of likely N-dealkylation sites (N-methyl/N-ethyl adjacent to an activating group) is 1. The van der Waals surface area contributed by atoms with E-state index in [2.05, 4.69) is 20.4 Å². The Morgan fingerprint density at radius 3 is 2.87 bits per heavy atom. The van der Waals surface area contributed by atoms with Crippen LogP contribution in [0.1, 0.15) is 29.8 Å². The van der Waals surface area contributed by atoms with Crippen LogP contribution < -0.4 is 5.32 Å². The molecule has 122 valence electrons. The number of amides is 1. The molecule has 0 radical (unpaired) electrons. The number of carbonyl (C=O) groups excluding carboxylic acids is 1. The summed E-state index contributed by atoms with van der Waals surface area (Å²) in [4.78, 5) is 25.2. The number of carboxylic acid groups (broad SMARTS) is 1. The number of nitrogens with one attached hydrogen (secondary N) is 2. The van der Waals surface area contributed by atoms with Crippen molar-refractivity contribution >= 4 is 22.8 Å². The number of hydrogen-bond acceptors (Lipinski definition) is 4. The molecule has 23 heavy (non-hydrogen) atoms. The van der Waals surface area contributed by atoms with Crippen LogP contribution in [0.25, 0.3) is 10.9 Å². The Kier molecular flexibility index (Phi) is 4.29. The average molecular weight is 316 g/mol. The molecule has 7 nitrogen and oxygen atoms in total. The molecule has 0 unspecified atom stereocenters. The number of likely N-dealkylation sites (tertiary alicyclic amines) is 1. The first kappa shape index (κ1) is 15.5. The third kappa shape index (κ3) is 3.19. The van der Waals surface area contributed by atoms with Gasteiger partial charge in [-0.05, 0) is 26.0 Å². The highest BCUT2D eigenvalue weighted by atomic mass is 16.4. The Hall–Kier alpha value is -2.41. The molecular weight excluding hydrogens is 296 g/mol. The molecule has 3 N–H and O–H groups in total. The fourth-order valence-electron chi connectivity index (χ4n) is 3.21. The van der Waals surface area contributed by atoms with Gasteiger partial charge in [0.15, 0.2) is 5.69 Å². The molecule has 1 aliphatic heterocycles. The summed E-state index contributed by atoms with van der Waals surface area (Å²) in [6.07, 6.45) is 1.87. The summed E-state index contributed by atoms with van der Waals surface area (Å²) >= 11 is 0. The van der Waals surface area contributed by atoms with Gasteiger partial charge in [-0.1, -0.05) is 18.2 Å². The summed E-state index contributed by atoms with van der Waals surface area (Å²) in [5.74, 6) is -0.993. The zero-order valence-electron chi connectivity index (χ0n) is 13.0. The summed E-state index contributed by atoms with van der Waals surface area (Å²) in [6, 6.07) is 7.70. The van der Waals surface area contributed by atoms with Crippen LogP contribution >= 0.6 is 0 Å². The van der Waals surface area contributed by atoms with Crippen molar-refractivity contribution in [3.05, 3.63) is 30.0 Å². The number of rotatable bonds is 5. The maximum Gasteiger partial charge on any atom is 0.304 e. The van der Waals surface area contributed by atoms with Crippen LogP contribution in [-0.4, -0.2) is 57.8 Å². The lowest BCUT2D eigenvalue weighted by Crippen LogP contribution is -2.41. The highest BCUT2D eigenvalue weighted by Crippen LogP contribution is 2.24. The van der Waals surface area contributed by atoms with Crippen LogP contribution in [0.2, 0.25) is 0 Å². The quantitative estimate of drug-likeness (QED) is 0.770. The lowest BCUT2D eigenvalue weighted by atomic mass is 10.1. The van der Waals surface area contributed by atoms with Gasteiger partial charge in [0.2, 0.25) is 0 Å². The van der Waals surface area contributed by atoms with Gasteiger partial charge in [0.05, 0.1) is 11.9 Å². The van der Waals surface area contributed by atoms with Crippen LogP contribution in [0.3, 0.4) is 0 Å². The fourth-order valence-corrected chi connectivity index (χ4v) is 3.21. The first-order valence-electron chi connectivity index (χ1n) is 7.71. The average Bonchev–Trinajstić information content (AvgIpc) is 3.10. The SMILES string of the molecule is CN1[C@@H](CC(=O)O)CC[C@H]1CNC(=O)c1n[nH]c2ccccc12. The molecule has 0 bridgehead atoms. The standard InChI is InChI=1S/C16H20N4O3/c1-20-10(8-14(21)22)6-7-11(20)9-17-16(23)15-12-4-2-3-5-13(12)18-19-15/h2-5,10-11H,6-9H2,1H3,(H,17,23)(H,18,19)(H,21,22)/t10-,11+/m1/s1. The Morgan fingerprint density at radius 2 is 2.09 bits per heavy atom. The Balaban J connectivity index is 1.60. The highest BCUT2D eigenvalue weighted by molar-refractivity contribution is 6.04. The molecule has 0 aliphatic carbocycles. The van der Waals surface area contributed by atoms with Gasteiger partial charge in [0.25, 0.3) is 5.91 Å². The number of hydrogen-bond donors (Lipinski definition) is 3. The molecule has 1 aliphatic rings. The van der Waals surface area contributed by atoms with E-state index in [-0.39, 0.29) is 24.4 Å². The minimum Gasteiger partial charge on any atom is -0.481 e. The van der Waals surface area contributed by atoms with E-state index in [0.29, 0.717) is 12.2 Å². The molecule has 0 spiro atoms. The summed E-state index contributed by atoms with van der Waals surface area (Å²) in [5, 5.41) is 19.6. The van der Waals surface area contributed by atoms with Crippen LogP contribution in [0.4, 0.5) is 0 Å². The maximum absolute atomic E-state index is 12.3. The van der Waals surface area contributed by atoms with E-state index in [4.69, 9.17) is 5.11 Å². The summed E-state index contributed by atoms with van der Waals surface area (Å²) in [6.45, 7) is 0.493. The fraction of sp³-hybridized carbons (Fsp3) is 0.438. The molecular formula is C16H20N4O3. The Labute approximate surface area is 133 Å². The van der Waals surface area contributed by atoms with Crippen LogP contribution in [0, 0.1) is 0 Å². The van der Waals surface area contributed by atoms with Gasteiger partial charge < -0.3 is 10.4 Å². The van der Waals surface area contributed by atoms with Gasteiger partial charge >= 0.3 is 5.97 Å². The van der Waals surface area contributed by atoms with Crippen molar-refractivity contribution in [1.29, 1.82) is 0 Å². The summed E-state index contributed by atoms with van der Waals surface area (Å²) in [7, 11) is 1.92. The predicted molar refractivity (Wildman–Crippen MR) is 85.3 cm³/mol. The second-order valence-electron chi connectivity index (χ2n) is 5.98. The van der Waals surface area contributed by atoms with E-state index >= 15 is 0 Å². The first-order chi connectivity index (χ1) is 11.1. The maximum atomic E-state index is 12.3. The minimum absolute atomic E-state index is 0.0422. The van der Waals surface area contributed by atoms with Crippen molar-refractivity contribution < 1.29 is 14.7 Å². The van der Waals surface area contributed by atoms with E-state index in [1.165, 1.54) is 0 Å². The topological polar surface area (TPSA) is 98.3 Å². The highest BCUT2D eigenvalue weighted by Gasteiger charge is 2.32. The number of carboxylic acids is 1. The first-order valence-corrected chi connectivity index (χ1v) is 7.71. The third-order valence-corrected chi connectivity index (χ3v) is 4.58. The normalized spacial score (nSPS) is 21.6. The van der Waals surface area contributed by atoms with E-state index in [0.717, 1.165) is 23.7 Å². The van der Waals surface area contributed by atoms with Crippen molar-refractivity contribution in [1.82, 2.24) is 20.4 Å². The molecule has 2 aromatic rings. The monoisotopic (exact) mass is 316 g/mol. The van der Waals surface area contributed by atoms with Crippen LogP contribution in [0.15, 0.2) is 24.3 Å². The van der Waals surface area contributed by atoms with Crippen molar-refractivity contribution in [3.63, 3.8) is 0 Å². The van der Waals surface area contributed by atoms with Gasteiger partial charge in [0, 0.05) is 24.0 Å². The molecule has 3 rings (SSSR count). The number of benzene rings is 1. The molecule has 2 heterocycles. The van der Waals surface area contributed by atoms with Gasteiger partial charge in [-0.2, -0.15) is 5.10 Å². The number of fused-ring (bicyclic) bond motifs is 1. The number of carbonyl (C=O) groups is 2. The number of aromatic amines is 1. The molecule has 7 heteroatoms. The molecule has 0 saturated carbocycles. The minimum atomic E-state index is -0.783. The molecule has 1 amide bonds. The molecule has 1 aromatic carbocycles. The molecule has 2 atom stereocenters. The largest absolute Gasteiger partial charge is 0.481 e. The van der Waals surface area contributed by atoms with Gasteiger partial charge in [-0.3, -0.25) is 19.6 Å². The van der Waals surface area contributed by atoms with Crippen LogP contribution in [0.5, 0.6) is 0 Å². The number of para-hydroxylation sites is 1. The zero-order valence-corrected chi connectivity index (χ0v) is 13.0. The number of aliphatic carboxylic acids is 1. The molecule has 1 aromatic heterocycles. The van der Waals surface area contributed by atoms with Crippen molar-refractivity contribution in [2.45, 2.75) is 31.3 Å². The Bertz CT molecular complexity index is 727. The second kappa shape index (κ2) is 6.37. The van der Waals surface area contributed by atoms with E-state index in [1.54, 1.807) is 0 Å². The van der Waals surface area contributed by atoms with Crippen molar-refractivity contribution in [2.75, 3.05) is 13.6 Å². The molecule has 1 saturated heterocycles. The van der Waals surface area contributed by atoms with E-state index < -0.39 is 5.97 Å². The second-order valence-corrected chi connectivity index (χ2v) is 5.98. The smallest absolute Gasteiger partial charge is 0.304 e. The lowest BCUT2D eigenvalue weighted by molar-refractivity contribution is -0.138. The van der Waals surface area contributed by atoms with E-state index in [1.807, 2.05) is 31.3 Å². The Morgan fingerprint density at radius 1 is 1.35 bits per heavy atom. The number of nitrogens with zero attached hydrogens (tertiary/aromatic N) is 2. The molecule has 1 fully saturated rings. The van der Waals surface area contributed by atoms with Gasteiger partial charge in [-0.25, -0.2) is 0 Å². The predicted octanol–water partition coefficient (Wildman–Crippen LogP) is 1.23. The van der Waals surface area contributed by atoms with Crippen molar-refractivity contribution in [3.8, 4) is 0 Å². The lowest BCUT2D eigenvalue weighted by Gasteiger charge is -2.24. The van der Waals surface area contributed by atoms with Crippen LogP contribution in [-0.2, 0) is 4.79 Å². The summed E-state index contributed by atoms with van der Waals surface area (Å²) < 4.78 is 0. The van der Waals surface area contributed by atoms with Crippen molar-refractivity contribution in [2.24, 2.45) is 0 Å². The third-order valence-electron chi connectivity index (χ3n) is 4.58. The number of H-pyrrole nitrogens is 1. The van der Waals surface area contributed by atoms with Gasteiger partial charge in [0.1, 0.15) is 0 Å². The van der Waals surface area contributed by atoms with E-state index in [9.17, 15) is 9.59 Å².